The van der Waals surface area contributed by atoms with Crippen LogP contribution in [0.5, 0.6) is 0 Å². The number of rotatable bonds is 3. The normalized spacial score (nSPS) is 10.6. The summed E-state index contributed by atoms with van der Waals surface area (Å²) in [6, 6.07) is 5.22. The van der Waals surface area contributed by atoms with E-state index in [0.717, 1.165) is 5.69 Å². The smallest absolute Gasteiger partial charge is 0.0815 e. The van der Waals surface area contributed by atoms with Crippen molar-refractivity contribution >= 4 is 40.5 Å². The molecule has 17 heavy (non-hydrogen) atoms. The third-order valence-electron chi connectivity index (χ3n) is 2.22. The van der Waals surface area contributed by atoms with Crippen LogP contribution >= 0.6 is 34.8 Å². The minimum absolute atomic E-state index is 0.499. The fourth-order valence-corrected chi connectivity index (χ4v) is 2.40. The second kappa shape index (κ2) is 5.17. The lowest BCUT2D eigenvalue weighted by molar-refractivity contribution is 0.747. The maximum atomic E-state index is 6.05. The largest absolute Gasteiger partial charge is 0.377 e. The van der Waals surface area contributed by atoms with Gasteiger partial charge >= 0.3 is 0 Å². The van der Waals surface area contributed by atoms with Crippen molar-refractivity contribution in [3.8, 4) is 0 Å². The van der Waals surface area contributed by atoms with Crippen molar-refractivity contribution in [3.63, 3.8) is 0 Å². The SMILES string of the molecule is Cn1ccc(CNc2c(Cl)cc(Cl)cc2Cl)n1. The van der Waals surface area contributed by atoms with Crippen molar-refractivity contribution in [2.24, 2.45) is 7.05 Å². The zero-order valence-corrected chi connectivity index (χ0v) is 11.3. The summed E-state index contributed by atoms with van der Waals surface area (Å²) < 4.78 is 1.74. The monoisotopic (exact) mass is 289 g/mol. The molecular formula is C11H10Cl3N3. The third kappa shape index (κ3) is 3.06. The molecule has 0 aliphatic carbocycles. The van der Waals surface area contributed by atoms with E-state index in [0.29, 0.717) is 27.3 Å². The minimum atomic E-state index is 0.499. The van der Waals surface area contributed by atoms with Crippen LogP contribution in [0.15, 0.2) is 24.4 Å². The molecule has 2 rings (SSSR count). The summed E-state index contributed by atoms with van der Waals surface area (Å²) in [5.41, 5.74) is 1.58. The maximum Gasteiger partial charge on any atom is 0.0815 e. The van der Waals surface area contributed by atoms with E-state index in [1.54, 1.807) is 16.8 Å². The van der Waals surface area contributed by atoms with Crippen LogP contribution < -0.4 is 5.32 Å². The lowest BCUT2D eigenvalue weighted by atomic mass is 10.3. The molecule has 90 valence electrons. The number of aromatic nitrogens is 2. The van der Waals surface area contributed by atoms with Crippen LogP contribution in [0.25, 0.3) is 0 Å². The van der Waals surface area contributed by atoms with Crippen LogP contribution in [-0.4, -0.2) is 9.78 Å². The molecule has 0 saturated heterocycles. The van der Waals surface area contributed by atoms with E-state index in [2.05, 4.69) is 10.4 Å². The van der Waals surface area contributed by atoms with Gasteiger partial charge in [0.25, 0.3) is 0 Å². The van der Waals surface area contributed by atoms with Gasteiger partial charge in [0.2, 0.25) is 0 Å². The van der Waals surface area contributed by atoms with Gasteiger partial charge < -0.3 is 5.32 Å². The summed E-state index contributed by atoms with van der Waals surface area (Å²) in [7, 11) is 1.87. The van der Waals surface area contributed by atoms with Crippen molar-refractivity contribution in [3.05, 3.63) is 45.2 Å². The molecule has 0 saturated carbocycles. The Morgan fingerprint density at radius 2 is 1.88 bits per heavy atom. The summed E-state index contributed by atoms with van der Waals surface area (Å²) in [5.74, 6) is 0. The Morgan fingerprint density at radius 3 is 2.41 bits per heavy atom. The van der Waals surface area contributed by atoms with Crippen molar-refractivity contribution in [1.82, 2.24) is 9.78 Å². The topological polar surface area (TPSA) is 29.9 Å². The molecule has 0 radical (unpaired) electrons. The second-order valence-electron chi connectivity index (χ2n) is 3.58. The molecule has 2 aromatic rings. The molecule has 1 aromatic carbocycles. The number of benzene rings is 1. The highest BCUT2D eigenvalue weighted by Gasteiger charge is 2.07. The highest BCUT2D eigenvalue weighted by molar-refractivity contribution is 6.41. The van der Waals surface area contributed by atoms with Crippen LogP contribution in [0.2, 0.25) is 15.1 Å². The lowest BCUT2D eigenvalue weighted by Crippen LogP contribution is -2.02. The molecule has 0 aliphatic heterocycles. The zero-order chi connectivity index (χ0) is 12.4. The number of anilines is 1. The molecule has 0 aliphatic rings. The number of nitrogens with one attached hydrogen (secondary N) is 1. The second-order valence-corrected chi connectivity index (χ2v) is 4.83. The molecule has 0 bridgehead atoms. The van der Waals surface area contributed by atoms with Gasteiger partial charge in [-0.3, -0.25) is 4.68 Å². The minimum Gasteiger partial charge on any atom is -0.377 e. The van der Waals surface area contributed by atoms with Gasteiger partial charge in [0.15, 0.2) is 0 Å². The van der Waals surface area contributed by atoms with Gasteiger partial charge in [-0.25, -0.2) is 0 Å². The van der Waals surface area contributed by atoms with Crippen molar-refractivity contribution in [2.75, 3.05) is 5.32 Å². The van der Waals surface area contributed by atoms with Gasteiger partial charge in [0.05, 0.1) is 28.0 Å². The summed E-state index contributed by atoms with van der Waals surface area (Å²) in [5, 5.41) is 8.90. The first-order chi connectivity index (χ1) is 8.06. The molecule has 1 N–H and O–H groups in total. The first kappa shape index (κ1) is 12.6. The predicted molar refractivity (Wildman–Crippen MR) is 72.0 cm³/mol. The van der Waals surface area contributed by atoms with Gasteiger partial charge in [-0.15, -0.1) is 0 Å². The summed E-state index contributed by atoms with van der Waals surface area (Å²) in [6.45, 7) is 0.557. The van der Waals surface area contributed by atoms with Gasteiger partial charge in [0.1, 0.15) is 0 Å². The Bertz CT molecular complexity index is 514. The van der Waals surface area contributed by atoms with E-state index < -0.39 is 0 Å². The molecule has 1 aromatic heterocycles. The molecule has 0 unspecified atom stereocenters. The number of hydrogen-bond acceptors (Lipinski definition) is 2. The van der Waals surface area contributed by atoms with E-state index in [-0.39, 0.29) is 0 Å². The van der Waals surface area contributed by atoms with Crippen LogP contribution in [0, 0.1) is 0 Å². The Hall–Kier alpha value is -0.900. The average Bonchev–Trinajstić information content (AvgIpc) is 2.62. The van der Waals surface area contributed by atoms with Gasteiger partial charge in [-0.1, -0.05) is 34.8 Å². The predicted octanol–water partition coefficient (Wildman–Crippen LogP) is 3.99. The molecular weight excluding hydrogens is 281 g/mol. The number of nitrogens with zero attached hydrogens (tertiary/aromatic N) is 2. The molecule has 6 heteroatoms. The Balaban J connectivity index is 2.14. The van der Waals surface area contributed by atoms with Crippen LogP contribution in [0.3, 0.4) is 0 Å². The fourth-order valence-electron chi connectivity index (χ4n) is 1.45. The maximum absolute atomic E-state index is 6.05. The summed E-state index contributed by atoms with van der Waals surface area (Å²) in [6.07, 6.45) is 1.88. The zero-order valence-electron chi connectivity index (χ0n) is 9.04. The standard InChI is InChI=1S/C11H10Cl3N3/c1-17-3-2-8(16-17)6-15-11-9(13)4-7(12)5-10(11)14/h2-5,15H,6H2,1H3. The van der Waals surface area contributed by atoms with Crippen LogP contribution in [-0.2, 0) is 13.6 Å². The lowest BCUT2D eigenvalue weighted by Gasteiger charge is -2.09. The van der Waals surface area contributed by atoms with Crippen molar-refractivity contribution < 1.29 is 0 Å². The molecule has 0 fully saturated rings. The van der Waals surface area contributed by atoms with E-state index in [1.807, 2.05) is 19.3 Å². The number of hydrogen-bond donors (Lipinski definition) is 1. The average molecular weight is 291 g/mol. The van der Waals surface area contributed by atoms with Crippen LogP contribution in [0.1, 0.15) is 5.69 Å². The Morgan fingerprint density at radius 1 is 1.24 bits per heavy atom. The fraction of sp³-hybridized carbons (Fsp3) is 0.182. The van der Waals surface area contributed by atoms with E-state index in [9.17, 15) is 0 Å². The summed E-state index contributed by atoms with van der Waals surface area (Å²) in [4.78, 5) is 0. The quantitative estimate of drug-likeness (QED) is 0.926. The Labute approximate surface area is 114 Å². The molecule has 0 spiro atoms. The van der Waals surface area contributed by atoms with Gasteiger partial charge in [0, 0.05) is 18.3 Å². The highest BCUT2D eigenvalue weighted by Crippen LogP contribution is 2.33. The van der Waals surface area contributed by atoms with Crippen molar-refractivity contribution in [2.45, 2.75) is 6.54 Å². The number of halogens is 3. The van der Waals surface area contributed by atoms with E-state index >= 15 is 0 Å². The van der Waals surface area contributed by atoms with E-state index in [4.69, 9.17) is 34.8 Å². The molecule has 0 amide bonds. The molecule has 0 atom stereocenters. The van der Waals surface area contributed by atoms with Gasteiger partial charge in [-0.05, 0) is 18.2 Å². The van der Waals surface area contributed by atoms with Gasteiger partial charge in [-0.2, -0.15) is 5.10 Å². The Kier molecular flexibility index (Phi) is 3.82. The summed E-state index contributed by atoms with van der Waals surface area (Å²) >= 11 is 17.9. The number of aryl methyl sites for hydroxylation is 1. The first-order valence-corrected chi connectivity index (χ1v) is 6.06. The molecule has 1 heterocycles. The molecule has 3 nitrogen and oxygen atoms in total. The van der Waals surface area contributed by atoms with E-state index in [1.165, 1.54) is 0 Å². The highest BCUT2D eigenvalue weighted by atomic mass is 35.5. The van der Waals surface area contributed by atoms with Crippen molar-refractivity contribution in [1.29, 1.82) is 0 Å². The van der Waals surface area contributed by atoms with Crippen LogP contribution in [0.4, 0.5) is 5.69 Å². The first-order valence-electron chi connectivity index (χ1n) is 4.93. The third-order valence-corrected chi connectivity index (χ3v) is 3.04.